The summed E-state index contributed by atoms with van der Waals surface area (Å²) in [6, 6.07) is 61.9. The minimum atomic E-state index is -3.31. The van der Waals surface area contributed by atoms with Gasteiger partial charge in [0.25, 0.3) is 0 Å². The lowest BCUT2D eigenvalue weighted by Crippen LogP contribution is -2.29. The molecule has 0 radical (unpaired) electrons. The van der Waals surface area contributed by atoms with Gasteiger partial charge >= 0.3 is 0 Å². The highest BCUT2D eigenvalue weighted by molar-refractivity contribution is 7.77. The van der Waals surface area contributed by atoms with Gasteiger partial charge in [0.1, 0.15) is 0 Å². The van der Waals surface area contributed by atoms with Gasteiger partial charge in [-0.05, 0) is 87.5 Å². The van der Waals surface area contributed by atoms with Gasteiger partial charge in [0.05, 0.1) is 11.0 Å². The van der Waals surface area contributed by atoms with E-state index >= 15 is 4.57 Å². The first-order chi connectivity index (χ1) is 24.0. The van der Waals surface area contributed by atoms with Crippen LogP contribution in [0.5, 0.6) is 0 Å². The molecule has 0 saturated carbocycles. The van der Waals surface area contributed by atoms with E-state index in [1.807, 2.05) is 60.7 Å². The first kappa shape index (κ1) is 29.7. The van der Waals surface area contributed by atoms with Crippen molar-refractivity contribution < 1.29 is 4.57 Å². The van der Waals surface area contributed by atoms with Crippen molar-refractivity contribution in [3.63, 3.8) is 0 Å². The van der Waals surface area contributed by atoms with Crippen LogP contribution >= 0.6 is 7.29 Å². The van der Waals surface area contributed by atoms with Gasteiger partial charge in [0.2, 0.25) is 7.29 Å². The van der Waals surface area contributed by atoms with E-state index in [2.05, 4.69) is 133 Å². The summed E-state index contributed by atoms with van der Waals surface area (Å²) in [6.45, 7) is 4.72. The number of aromatic nitrogens is 1. The Morgan fingerprint density at radius 1 is 0.490 bits per heavy atom. The van der Waals surface area contributed by atoms with Crippen LogP contribution in [0.4, 0.5) is 0 Å². The summed E-state index contributed by atoms with van der Waals surface area (Å²) in [5, 5.41) is 3.86. The highest BCUT2D eigenvalue weighted by atomic mass is 31.2. The van der Waals surface area contributed by atoms with E-state index in [0.29, 0.717) is 0 Å². The molecule has 7 aromatic carbocycles. The third-order valence-electron chi connectivity index (χ3n) is 10.6. The number of hydrogen-bond acceptors (Lipinski definition) is 1. The average Bonchev–Trinajstić information content (AvgIpc) is 3.50. The lowest BCUT2D eigenvalue weighted by atomic mass is 9.63. The van der Waals surface area contributed by atoms with Crippen LogP contribution in [0.25, 0.3) is 32.9 Å². The monoisotopic (exact) mass is 649 g/mol. The minimum Gasteiger partial charge on any atom is -0.290 e. The van der Waals surface area contributed by atoms with Crippen LogP contribution in [-0.2, 0) is 9.98 Å². The Balaban J connectivity index is 1.30. The van der Waals surface area contributed by atoms with Crippen molar-refractivity contribution in [1.29, 1.82) is 0 Å². The molecule has 0 aliphatic heterocycles. The summed E-state index contributed by atoms with van der Waals surface area (Å²) in [7, 11) is -3.31. The van der Waals surface area contributed by atoms with E-state index in [9.17, 15) is 0 Å². The fourth-order valence-corrected chi connectivity index (χ4v) is 11.1. The largest absolute Gasteiger partial charge is 0.290 e. The van der Waals surface area contributed by atoms with Gasteiger partial charge in [-0.1, -0.05) is 141 Å². The molecule has 49 heavy (non-hydrogen) atoms. The molecule has 0 fully saturated rings. The van der Waals surface area contributed by atoms with Crippen molar-refractivity contribution in [2.24, 2.45) is 0 Å². The van der Waals surface area contributed by atoms with Crippen molar-refractivity contribution in [2.45, 2.75) is 25.2 Å². The number of nitrogens with zero attached hydrogens (tertiary/aromatic N) is 1. The fourth-order valence-electron chi connectivity index (χ4n) is 8.24. The predicted octanol–water partition coefficient (Wildman–Crippen LogP) is 11.1. The van der Waals surface area contributed by atoms with Gasteiger partial charge in [-0.3, -0.25) is 8.90 Å². The first-order valence-corrected chi connectivity index (χ1v) is 18.7. The summed E-state index contributed by atoms with van der Waals surface area (Å²) in [5.74, 6) is 0.0608. The Kier molecular flexibility index (Phi) is 6.87. The summed E-state index contributed by atoms with van der Waals surface area (Å²) >= 11 is 0. The van der Waals surface area contributed by atoms with Gasteiger partial charge < -0.3 is 0 Å². The summed E-state index contributed by atoms with van der Waals surface area (Å²) in [4.78, 5) is 0. The quantitative estimate of drug-likeness (QED) is 0.170. The Bertz CT molecular complexity index is 2510. The van der Waals surface area contributed by atoms with Crippen LogP contribution in [0, 0.1) is 0 Å². The molecule has 1 heterocycles. The maximum atomic E-state index is 15.8. The molecule has 236 valence electrons. The maximum Gasteiger partial charge on any atom is 0.234 e. The zero-order chi connectivity index (χ0) is 33.2. The minimum absolute atomic E-state index is 0.0608. The van der Waals surface area contributed by atoms with Crippen molar-refractivity contribution in [3.05, 3.63) is 204 Å². The second-order valence-corrected chi connectivity index (χ2v) is 16.3. The molecule has 1 aliphatic carbocycles. The number of benzene rings is 7. The molecule has 2 nitrogen and oxygen atoms in total. The molecule has 3 heteroatoms. The van der Waals surface area contributed by atoms with E-state index in [0.717, 1.165) is 32.4 Å². The predicted molar refractivity (Wildman–Crippen MR) is 206 cm³/mol. The lowest BCUT2D eigenvalue weighted by Gasteiger charge is -2.40. The van der Waals surface area contributed by atoms with Crippen LogP contribution in [0.2, 0.25) is 0 Å². The number of fused-ring (bicyclic) bond motifs is 5. The van der Waals surface area contributed by atoms with Crippen LogP contribution in [0.1, 0.15) is 47.6 Å². The SMILES string of the molecule is CC1(C)c2ccccc2C(c2ccc3c(c2)c2ccccc2n3P(=O)(c2ccccc2)c2ccccc2)c2ccc(-c3ccccc3)cc21. The van der Waals surface area contributed by atoms with E-state index in [1.165, 1.54) is 38.9 Å². The van der Waals surface area contributed by atoms with Crippen LogP contribution < -0.4 is 10.6 Å². The van der Waals surface area contributed by atoms with Crippen molar-refractivity contribution >= 4 is 39.7 Å². The molecular weight excluding hydrogens is 613 g/mol. The highest BCUT2D eigenvalue weighted by Crippen LogP contribution is 2.53. The van der Waals surface area contributed by atoms with Crippen molar-refractivity contribution in [1.82, 2.24) is 4.34 Å². The molecule has 8 aromatic rings. The Hall–Kier alpha value is -5.43. The van der Waals surface area contributed by atoms with E-state index in [1.54, 1.807) is 0 Å². The summed E-state index contributed by atoms with van der Waals surface area (Å²) < 4.78 is 17.9. The second kappa shape index (κ2) is 11.3. The molecule has 0 amide bonds. The Morgan fingerprint density at radius 3 is 1.78 bits per heavy atom. The van der Waals surface area contributed by atoms with Crippen LogP contribution in [0.3, 0.4) is 0 Å². The summed E-state index contributed by atoms with van der Waals surface area (Å²) in [5.41, 5.74) is 10.9. The zero-order valence-corrected chi connectivity index (χ0v) is 28.5. The highest BCUT2D eigenvalue weighted by Gasteiger charge is 2.39. The average molecular weight is 650 g/mol. The molecule has 9 rings (SSSR count). The topological polar surface area (TPSA) is 22.0 Å². The standard InChI is InChI=1S/C46H36NOP/c1-46(2)41-24-14-12-23-38(41)45(39-28-26-33(31-42(39)46)32-16-6-3-7-17-32)34-27-29-44-40(30-34)37-22-13-15-25-43(37)47(44)49(48,35-18-8-4-9-19-35)36-20-10-5-11-21-36/h3-31,45H,1-2H3. The fraction of sp³-hybridized carbons (Fsp3) is 0.0870. The zero-order valence-electron chi connectivity index (χ0n) is 27.6. The molecule has 0 spiro atoms. The molecule has 0 N–H and O–H groups in total. The number of hydrogen-bond donors (Lipinski definition) is 0. The summed E-state index contributed by atoms with van der Waals surface area (Å²) in [6.07, 6.45) is 0. The normalized spacial score (nSPS) is 15.2. The van der Waals surface area contributed by atoms with Crippen molar-refractivity contribution in [3.8, 4) is 11.1 Å². The Morgan fingerprint density at radius 2 is 1.06 bits per heavy atom. The molecular formula is C46H36NOP. The van der Waals surface area contributed by atoms with Crippen LogP contribution in [-0.4, -0.2) is 4.34 Å². The molecule has 0 bridgehead atoms. The van der Waals surface area contributed by atoms with Gasteiger partial charge in [0.15, 0.2) is 0 Å². The van der Waals surface area contributed by atoms with Gasteiger partial charge in [-0.2, -0.15) is 0 Å². The smallest absolute Gasteiger partial charge is 0.234 e. The number of rotatable bonds is 5. The van der Waals surface area contributed by atoms with Gasteiger partial charge in [0, 0.05) is 32.7 Å². The maximum absolute atomic E-state index is 15.8. The van der Waals surface area contributed by atoms with Gasteiger partial charge in [-0.25, -0.2) is 0 Å². The molecule has 0 saturated heterocycles. The van der Waals surface area contributed by atoms with Crippen molar-refractivity contribution in [2.75, 3.05) is 0 Å². The third kappa shape index (κ3) is 4.52. The Labute approximate surface area is 287 Å². The molecule has 1 unspecified atom stereocenters. The number of para-hydroxylation sites is 1. The van der Waals surface area contributed by atoms with E-state index in [-0.39, 0.29) is 11.3 Å². The third-order valence-corrected chi connectivity index (χ3v) is 13.6. The van der Waals surface area contributed by atoms with E-state index < -0.39 is 7.29 Å². The molecule has 1 atom stereocenters. The molecule has 1 aliphatic rings. The van der Waals surface area contributed by atoms with Crippen LogP contribution in [0.15, 0.2) is 176 Å². The molecule has 1 aromatic heterocycles. The first-order valence-electron chi connectivity index (χ1n) is 17.0. The van der Waals surface area contributed by atoms with Gasteiger partial charge in [-0.15, -0.1) is 0 Å². The lowest BCUT2D eigenvalue weighted by molar-refractivity contribution is 0.583. The second-order valence-electron chi connectivity index (χ2n) is 13.7. The van der Waals surface area contributed by atoms with E-state index in [4.69, 9.17) is 0 Å².